The summed E-state index contributed by atoms with van der Waals surface area (Å²) in [6, 6.07) is 37.1. The topological polar surface area (TPSA) is 35.6 Å². The molecule has 0 aliphatic rings. The summed E-state index contributed by atoms with van der Waals surface area (Å²) in [7, 11) is 0. The molecule has 0 aliphatic heterocycles. The monoisotopic (exact) mass is 386 g/mol. The van der Waals surface area contributed by atoms with Crippen molar-refractivity contribution in [1.82, 2.24) is 19.1 Å². The van der Waals surface area contributed by atoms with Gasteiger partial charge < -0.3 is 0 Å². The Balaban J connectivity index is 1.74. The van der Waals surface area contributed by atoms with Crippen LogP contribution in [0.4, 0.5) is 0 Å². The Kier molecular flexibility index (Phi) is 3.74. The van der Waals surface area contributed by atoms with Gasteiger partial charge in [-0.15, -0.1) is 0 Å². The molecule has 142 valence electrons. The lowest BCUT2D eigenvalue weighted by molar-refractivity contribution is 1.02. The van der Waals surface area contributed by atoms with E-state index in [9.17, 15) is 0 Å². The van der Waals surface area contributed by atoms with Crippen LogP contribution in [0.3, 0.4) is 0 Å². The van der Waals surface area contributed by atoms with Crippen molar-refractivity contribution in [3.8, 4) is 23.0 Å². The summed E-state index contributed by atoms with van der Waals surface area (Å²) in [4.78, 5) is 10.0. The minimum absolute atomic E-state index is 0.822. The van der Waals surface area contributed by atoms with Gasteiger partial charge in [0.25, 0.3) is 0 Å². The van der Waals surface area contributed by atoms with Gasteiger partial charge in [0.1, 0.15) is 0 Å². The number of para-hydroxylation sites is 6. The van der Waals surface area contributed by atoms with Crippen LogP contribution in [0.5, 0.6) is 0 Å². The molecule has 2 aromatic heterocycles. The maximum atomic E-state index is 5.02. The van der Waals surface area contributed by atoms with Gasteiger partial charge in [-0.05, 0) is 48.5 Å². The van der Waals surface area contributed by atoms with E-state index in [-0.39, 0.29) is 0 Å². The molecule has 0 amide bonds. The van der Waals surface area contributed by atoms with Crippen molar-refractivity contribution in [3.63, 3.8) is 0 Å². The van der Waals surface area contributed by atoms with Crippen molar-refractivity contribution in [1.29, 1.82) is 0 Å². The van der Waals surface area contributed by atoms with Gasteiger partial charge in [0.15, 0.2) is 11.6 Å². The van der Waals surface area contributed by atoms with E-state index in [1.807, 2.05) is 72.8 Å². The van der Waals surface area contributed by atoms with Crippen LogP contribution in [0.25, 0.3) is 45.1 Å². The van der Waals surface area contributed by atoms with E-state index in [1.165, 1.54) is 0 Å². The molecule has 0 saturated carbocycles. The van der Waals surface area contributed by atoms with Crippen LogP contribution >= 0.6 is 0 Å². The second-order valence-corrected chi connectivity index (χ2v) is 7.19. The molecule has 0 radical (unpaired) electrons. The van der Waals surface area contributed by atoms with Gasteiger partial charge >= 0.3 is 0 Å². The fraction of sp³-hybridized carbons (Fsp3) is 0. The van der Waals surface area contributed by atoms with Crippen molar-refractivity contribution in [2.45, 2.75) is 0 Å². The molecule has 6 rings (SSSR count). The highest BCUT2D eigenvalue weighted by Crippen LogP contribution is 2.32. The van der Waals surface area contributed by atoms with Gasteiger partial charge in [0.2, 0.25) is 0 Å². The van der Waals surface area contributed by atoms with Gasteiger partial charge in [-0.2, -0.15) is 0 Å². The Morgan fingerprint density at radius 2 is 0.767 bits per heavy atom. The van der Waals surface area contributed by atoms with Crippen molar-refractivity contribution in [3.05, 3.63) is 109 Å². The zero-order chi connectivity index (χ0) is 19.9. The molecule has 2 heterocycles. The molecule has 0 N–H and O–H groups in total. The highest BCUT2D eigenvalue weighted by atomic mass is 15.2. The van der Waals surface area contributed by atoms with Crippen molar-refractivity contribution < 1.29 is 0 Å². The molecular weight excluding hydrogens is 368 g/mol. The Labute approximate surface area is 173 Å². The first kappa shape index (κ1) is 16.7. The standard InChI is InChI=1S/C26H18N4/c1-3-11-19(12-4-1)29-23-17-9-7-15-21(23)27-25(29)26-28-22-16-8-10-18-24(22)30(26)20-13-5-2-6-14-20/h1-18H. The Hall–Kier alpha value is -4.18. The first-order chi connectivity index (χ1) is 14.9. The molecule has 0 spiro atoms. The highest BCUT2D eigenvalue weighted by Gasteiger charge is 2.21. The number of imidazole rings is 2. The zero-order valence-corrected chi connectivity index (χ0v) is 16.2. The smallest absolute Gasteiger partial charge is 0.182 e. The molecule has 4 heteroatoms. The minimum atomic E-state index is 0.822. The molecule has 0 unspecified atom stereocenters. The Morgan fingerprint density at radius 3 is 1.20 bits per heavy atom. The van der Waals surface area contributed by atoms with Gasteiger partial charge in [-0.3, -0.25) is 9.13 Å². The van der Waals surface area contributed by atoms with E-state index in [1.54, 1.807) is 0 Å². The molecular formula is C26H18N4. The SMILES string of the molecule is c1ccc(-n2c(-c3nc4ccccc4n3-c3ccccc3)nc3ccccc32)cc1. The maximum absolute atomic E-state index is 5.02. The number of hydrogen-bond acceptors (Lipinski definition) is 2. The predicted molar refractivity (Wildman–Crippen MR) is 121 cm³/mol. The first-order valence-corrected chi connectivity index (χ1v) is 9.96. The number of hydrogen-bond donors (Lipinski definition) is 0. The predicted octanol–water partition coefficient (Wildman–Crippen LogP) is 6.03. The Bertz CT molecular complexity index is 1360. The third-order valence-electron chi connectivity index (χ3n) is 5.35. The summed E-state index contributed by atoms with van der Waals surface area (Å²) < 4.78 is 4.38. The summed E-state index contributed by atoms with van der Waals surface area (Å²) in [6.45, 7) is 0. The molecule has 0 bridgehead atoms. The zero-order valence-electron chi connectivity index (χ0n) is 16.2. The van der Waals surface area contributed by atoms with Crippen LogP contribution in [0, 0.1) is 0 Å². The van der Waals surface area contributed by atoms with Gasteiger partial charge in [-0.25, -0.2) is 9.97 Å². The van der Waals surface area contributed by atoms with Gasteiger partial charge in [0.05, 0.1) is 22.1 Å². The number of fused-ring (bicyclic) bond motifs is 2. The lowest BCUT2D eigenvalue weighted by Gasteiger charge is -2.12. The summed E-state index contributed by atoms with van der Waals surface area (Å²) in [6.07, 6.45) is 0. The van der Waals surface area contributed by atoms with Crippen molar-refractivity contribution in [2.24, 2.45) is 0 Å². The molecule has 6 aromatic rings. The van der Waals surface area contributed by atoms with Crippen LogP contribution in [0.15, 0.2) is 109 Å². The second kappa shape index (κ2) is 6.71. The minimum Gasteiger partial charge on any atom is -0.290 e. The Morgan fingerprint density at radius 1 is 0.400 bits per heavy atom. The third-order valence-corrected chi connectivity index (χ3v) is 5.35. The molecule has 0 atom stereocenters. The first-order valence-electron chi connectivity index (χ1n) is 9.96. The summed E-state index contributed by atoms with van der Waals surface area (Å²) in [5, 5.41) is 0. The lowest BCUT2D eigenvalue weighted by atomic mass is 10.2. The molecule has 4 aromatic carbocycles. The van der Waals surface area contributed by atoms with E-state index >= 15 is 0 Å². The maximum Gasteiger partial charge on any atom is 0.182 e. The fourth-order valence-electron chi connectivity index (χ4n) is 4.03. The number of nitrogens with zero attached hydrogens (tertiary/aromatic N) is 4. The number of rotatable bonds is 3. The second-order valence-electron chi connectivity index (χ2n) is 7.19. The van der Waals surface area contributed by atoms with Crippen LogP contribution in [0.2, 0.25) is 0 Å². The van der Waals surface area contributed by atoms with Crippen molar-refractivity contribution in [2.75, 3.05) is 0 Å². The average molecular weight is 386 g/mol. The van der Waals surface area contributed by atoms with Gasteiger partial charge in [-0.1, -0.05) is 60.7 Å². The number of benzene rings is 4. The quantitative estimate of drug-likeness (QED) is 0.372. The summed E-state index contributed by atoms with van der Waals surface area (Å²) >= 11 is 0. The largest absolute Gasteiger partial charge is 0.290 e. The molecule has 0 fully saturated rings. The van der Waals surface area contributed by atoms with Crippen molar-refractivity contribution >= 4 is 22.1 Å². The molecule has 30 heavy (non-hydrogen) atoms. The average Bonchev–Trinajstić information content (AvgIpc) is 3.39. The van der Waals surface area contributed by atoms with E-state index < -0.39 is 0 Å². The van der Waals surface area contributed by atoms with Crippen LogP contribution in [0.1, 0.15) is 0 Å². The fourth-order valence-corrected chi connectivity index (χ4v) is 4.03. The van der Waals surface area contributed by atoms with Crippen LogP contribution in [-0.2, 0) is 0 Å². The van der Waals surface area contributed by atoms with E-state index in [0.29, 0.717) is 0 Å². The van der Waals surface area contributed by atoms with E-state index in [2.05, 4.69) is 45.5 Å². The van der Waals surface area contributed by atoms with Crippen LogP contribution < -0.4 is 0 Å². The van der Waals surface area contributed by atoms with Gasteiger partial charge in [0, 0.05) is 11.4 Å². The summed E-state index contributed by atoms with van der Waals surface area (Å²) in [5.41, 5.74) is 6.14. The molecule has 4 nitrogen and oxygen atoms in total. The third kappa shape index (κ3) is 2.54. The van der Waals surface area contributed by atoms with E-state index in [0.717, 1.165) is 45.1 Å². The molecule has 0 aliphatic carbocycles. The lowest BCUT2D eigenvalue weighted by Crippen LogP contribution is -2.03. The van der Waals surface area contributed by atoms with Crippen LogP contribution in [-0.4, -0.2) is 19.1 Å². The number of aromatic nitrogens is 4. The normalized spacial score (nSPS) is 11.3. The van der Waals surface area contributed by atoms with E-state index in [4.69, 9.17) is 9.97 Å². The summed E-state index contributed by atoms with van der Waals surface area (Å²) in [5.74, 6) is 1.64. The molecule has 0 saturated heterocycles. The highest BCUT2D eigenvalue weighted by molar-refractivity contribution is 5.86.